The second-order valence-electron chi connectivity index (χ2n) is 6.30. The Morgan fingerprint density at radius 1 is 1.04 bits per heavy atom. The van der Waals surface area contributed by atoms with Crippen LogP contribution in [0.4, 0.5) is 0 Å². The quantitative estimate of drug-likeness (QED) is 0.664. The van der Waals surface area contributed by atoms with Crippen molar-refractivity contribution in [2.45, 2.75) is 38.0 Å². The number of rotatable bonds is 5. The van der Waals surface area contributed by atoms with E-state index in [0.29, 0.717) is 45.7 Å². The third kappa shape index (κ3) is 4.05. The second kappa shape index (κ2) is 7.32. The van der Waals surface area contributed by atoms with Crippen LogP contribution in [0.25, 0.3) is 0 Å². The van der Waals surface area contributed by atoms with Crippen LogP contribution in [0.3, 0.4) is 0 Å². The van der Waals surface area contributed by atoms with Crippen LogP contribution in [0, 0.1) is 0 Å². The van der Waals surface area contributed by atoms with E-state index in [0.717, 1.165) is 0 Å². The zero-order valence-electron chi connectivity index (χ0n) is 14.0. The van der Waals surface area contributed by atoms with E-state index in [1.54, 1.807) is 13.8 Å². The molecule has 2 rings (SSSR count). The zero-order valence-corrected chi connectivity index (χ0v) is 15.6. The van der Waals surface area contributed by atoms with E-state index < -0.39 is 25.5 Å². The molecule has 2 fully saturated rings. The van der Waals surface area contributed by atoms with Gasteiger partial charge in [-0.2, -0.15) is 21.3 Å². The van der Waals surface area contributed by atoms with E-state index in [1.807, 2.05) is 0 Å². The normalized spacial score (nSPS) is 26.0. The molecule has 0 amide bonds. The summed E-state index contributed by atoms with van der Waals surface area (Å²) in [5, 5.41) is -0.676. The van der Waals surface area contributed by atoms with Gasteiger partial charge in [0.05, 0.1) is 18.5 Å². The van der Waals surface area contributed by atoms with Crippen molar-refractivity contribution in [2.24, 2.45) is 0 Å². The Morgan fingerprint density at radius 2 is 1.65 bits per heavy atom. The molecule has 8 nitrogen and oxygen atoms in total. The number of piperidine rings is 1. The lowest BCUT2D eigenvalue weighted by Crippen LogP contribution is -2.54. The summed E-state index contributed by atoms with van der Waals surface area (Å²) >= 11 is 0. The van der Waals surface area contributed by atoms with Crippen molar-refractivity contribution in [1.29, 1.82) is 0 Å². The summed E-state index contributed by atoms with van der Waals surface area (Å²) in [7, 11) is -5.59. The Kier molecular flexibility index (Phi) is 6.07. The molecule has 0 N–H and O–H groups in total. The van der Waals surface area contributed by atoms with Crippen LogP contribution in [0.15, 0.2) is 0 Å². The summed E-state index contributed by atoms with van der Waals surface area (Å²) in [5.74, 6) is 0. The Labute approximate surface area is 139 Å². The molecule has 1 atom stereocenters. The molecule has 0 aromatic carbocycles. The summed E-state index contributed by atoms with van der Waals surface area (Å²) in [5.41, 5.74) is 0. The molecule has 2 aliphatic heterocycles. The van der Waals surface area contributed by atoms with Crippen LogP contribution in [0.5, 0.6) is 0 Å². The van der Waals surface area contributed by atoms with E-state index in [1.165, 1.54) is 20.0 Å². The molecular weight excluding hydrogens is 342 g/mol. The Hall–Kier alpha value is -0.260. The number of morpholine rings is 1. The zero-order chi connectivity index (χ0) is 17.3. The maximum absolute atomic E-state index is 12.8. The predicted octanol–water partition coefficient (Wildman–Crippen LogP) is -0.302. The van der Waals surface area contributed by atoms with Gasteiger partial charge in [0.1, 0.15) is 0 Å². The van der Waals surface area contributed by atoms with Gasteiger partial charge in [-0.3, -0.25) is 0 Å². The van der Waals surface area contributed by atoms with Gasteiger partial charge in [-0.05, 0) is 26.7 Å². The molecule has 0 saturated carbocycles. The highest BCUT2D eigenvalue weighted by Gasteiger charge is 2.40. The predicted molar refractivity (Wildman–Crippen MR) is 87.7 cm³/mol. The monoisotopic (exact) mass is 369 g/mol. The van der Waals surface area contributed by atoms with Crippen molar-refractivity contribution in [2.75, 3.05) is 46.4 Å². The number of hydrogen-bond acceptors (Lipinski definition) is 5. The summed E-state index contributed by atoms with van der Waals surface area (Å²) in [4.78, 5) is 0. The fourth-order valence-electron chi connectivity index (χ4n) is 2.82. The van der Waals surface area contributed by atoms with Gasteiger partial charge in [-0.15, -0.1) is 0 Å². The minimum atomic E-state index is -3.63. The summed E-state index contributed by atoms with van der Waals surface area (Å²) in [6.07, 6.45) is 1.05. The first-order chi connectivity index (χ1) is 10.7. The Morgan fingerprint density at radius 3 is 2.22 bits per heavy atom. The lowest BCUT2D eigenvalue weighted by atomic mass is 10.2. The summed E-state index contributed by atoms with van der Waals surface area (Å²) in [6, 6.07) is -0.170. The molecule has 0 aromatic heterocycles. The SMILES string of the molecule is CC(C)N(C)S(=O)(=O)N1CCC[C@H](S(=O)(=O)N2CCOCC2)C1. The molecule has 0 radical (unpaired) electrons. The van der Waals surface area contributed by atoms with Crippen LogP contribution in [-0.2, 0) is 25.0 Å². The Bertz CT molecular complexity index is 599. The van der Waals surface area contributed by atoms with E-state index >= 15 is 0 Å². The first-order valence-electron chi connectivity index (χ1n) is 7.97. The molecule has 0 unspecified atom stereocenters. The number of hydrogen-bond donors (Lipinski definition) is 0. The summed E-state index contributed by atoms with van der Waals surface area (Å²) in [6.45, 7) is 5.46. The van der Waals surface area contributed by atoms with Crippen molar-refractivity contribution < 1.29 is 21.6 Å². The van der Waals surface area contributed by atoms with E-state index in [9.17, 15) is 16.8 Å². The van der Waals surface area contributed by atoms with Gasteiger partial charge >= 0.3 is 0 Å². The molecule has 2 aliphatic rings. The van der Waals surface area contributed by atoms with Gasteiger partial charge in [0, 0.05) is 39.3 Å². The molecular formula is C13H27N3O5S2. The minimum Gasteiger partial charge on any atom is -0.379 e. The lowest BCUT2D eigenvalue weighted by molar-refractivity contribution is 0.0722. The average molecular weight is 370 g/mol. The van der Waals surface area contributed by atoms with Crippen LogP contribution in [0.2, 0.25) is 0 Å². The highest BCUT2D eigenvalue weighted by Crippen LogP contribution is 2.24. The van der Waals surface area contributed by atoms with Crippen molar-refractivity contribution >= 4 is 20.2 Å². The largest absolute Gasteiger partial charge is 0.379 e. The molecule has 0 aliphatic carbocycles. The smallest absolute Gasteiger partial charge is 0.281 e. The highest BCUT2D eigenvalue weighted by atomic mass is 32.2. The van der Waals surface area contributed by atoms with Crippen LogP contribution in [-0.4, -0.2) is 87.5 Å². The molecule has 2 heterocycles. The molecule has 23 heavy (non-hydrogen) atoms. The third-order valence-corrected chi connectivity index (χ3v) is 8.96. The van der Waals surface area contributed by atoms with Crippen molar-refractivity contribution in [3.05, 3.63) is 0 Å². The topological polar surface area (TPSA) is 87.2 Å². The van der Waals surface area contributed by atoms with E-state index in [4.69, 9.17) is 4.74 Å². The minimum absolute atomic E-state index is 0.0269. The fourth-order valence-corrected chi connectivity index (χ4v) is 6.45. The van der Waals surface area contributed by atoms with Crippen molar-refractivity contribution in [3.63, 3.8) is 0 Å². The maximum Gasteiger partial charge on any atom is 0.281 e. The van der Waals surface area contributed by atoms with Gasteiger partial charge in [-0.1, -0.05) is 0 Å². The number of sulfonamides is 1. The van der Waals surface area contributed by atoms with Crippen molar-refractivity contribution in [3.8, 4) is 0 Å². The molecule has 0 bridgehead atoms. The molecule has 0 spiro atoms. The highest BCUT2D eigenvalue weighted by molar-refractivity contribution is 7.90. The van der Waals surface area contributed by atoms with Crippen LogP contribution in [0.1, 0.15) is 26.7 Å². The molecule has 10 heteroatoms. The van der Waals surface area contributed by atoms with Gasteiger partial charge in [0.2, 0.25) is 10.0 Å². The number of ether oxygens (including phenoxy) is 1. The number of nitrogens with zero attached hydrogens (tertiary/aromatic N) is 3. The second-order valence-corrected chi connectivity index (χ2v) is 10.5. The maximum atomic E-state index is 12.8. The van der Waals surface area contributed by atoms with Gasteiger partial charge in [0.25, 0.3) is 10.2 Å². The van der Waals surface area contributed by atoms with Gasteiger partial charge in [0.15, 0.2) is 0 Å². The molecule has 136 valence electrons. The van der Waals surface area contributed by atoms with Gasteiger partial charge in [-0.25, -0.2) is 8.42 Å². The molecule has 2 saturated heterocycles. The fraction of sp³-hybridized carbons (Fsp3) is 1.00. The van der Waals surface area contributed by atoms with E-state index in [-0.39, 0.29) is 12.6 Å². The first-order valence-corrected chi connectivity index (χ1v) is 10.9. The Balaban J connectivity index is 2.14. The summed E-state index contributed by atoms with van der Waals surface area (Å²) < 4.78 is 59.9. The van der Waals surface area contributed by atoms with Crippen LogP contribution >= 0.6 is 0 Å². The van der Waals surface area contributed by atoms with Crippen LogP contribution < -0.4 is 0 Å². The van der Waals surface area contributed by atoms with Crippen molar-refractivity contribution in [1.82, 2.24) is 12.9 Å². The van der Waals surface area contributed by atoms with E-state index in [2.05, 4.69) is 0 Å². The molecule has 0 aromatic rings. The third-order valence-electron chi connectivity index (χ3n) is 4.51. The first kappa shape index (κ1) is 19.1. The van der Waals surface area contributed by atoms with Gasteiger partial charge < -0.3 is 4.74 Å². The average Bonchev–Trinajstić information content (AvgIpc) is 2.55. The lowest BCUT2D eigenvalue weighted by Gasteiger charge is -2.37. The standard InChI is InChI=1S/C13H27N3O5S2/c1-12(2)14(3)23(19,20)16-6-4-5-13(11-16)22(17,18)15-7-9-21-10-8-15/h12-13H,4-11H2,1-3H3/t13-/m0/s1.